The highest BCUT2D eigenvalue weighted by atomic mass is 15.2. The number of nitrogens with one attached hydrogen (secondary N) is 1. The molecule has 0 amide bonds. The SMILES string of the molecule is Cc1[nH]nc(CN2CCCC2)c1C(C)C. The Balaban J connectivity index is 2.13. The molecule has 0 saturated carbocycles. The summed E-state index contributed by atoms with van der Waals surface area (Å²) in [6, 6.07) is 0. The van der Waals surface area contributed by atoms with Crippen LogP contribution in [0, 0.1) is 6.92 Å². The molecule has 0 radical (unpaired) electrons. The van der Waals surface area contributed by atoms with E-state index >= 15 is 0 Å². The molecule has 15 heavy (non-hydrogen) atoms. The molecule has 0 spiro atoms. The average Bonchev–Trinajstić information content (AvgIpc) is 2.76. The van der Waals surface area contributed by atoms with Crippen molar-refractivity contribution in [3.63, 3.8) is 0 Å². The van der Waals surface area contributed by atoms with Crippen molar-refractivity contribution in [2.24, 2.45) is 0 Å². The molecule has 1 aromatic rings. The molecule has 0 unspecified atom stereocenters. The smallest absolute Gasteiger partial charge is 0.0799 e. The third-order valence-corrected chi connectivity index (χ3v) is 3.22. The second kappa shape index (κ2) is 4.35. The van der Waals surface area contributed by atoms with Gasteiger partial charge in [0.15, 0.2) is 0 Å². The zero-order chi connectivity index (χ0) is 10.8. The van der Waals surface area contributed by atoms with Gasteiger partial charge in [0.1, 0.15) is 0 Å². The van der Waals surface area contributed by atoms with Crippen LogP contribution in [0.15, 0.2) is 0 Å². The summed E-state index contributed by atoms with van der Waals surface area (Å²) in [5, 5.41) is 7.55. The van der Waals surface area contributed by atoms with Crippen LogP contribution in [0.25, 0.3) is 0 Å². The Morgan fingerprint density at radius 1 is 1.33 bits per heavy atom. The minimum Gasteiger partial charge on any atom is -0.297 e. The first-order valence-electron chi connectivity index (χ1n) is 5.94. The number of aromatic amines is 1. The van der Waals surface area contributed by atoms with Gasteiger partial charge in [0.05, 0.1) is 5.69 Å². The van der Waals surface area contributed by atoms with Crippen molar-refractivity contribution in [2.45, 2.75) is 46.1 Å². The highest BCUT2D eigenvalue weighted by Crippen LogP contribution is 2.23. The van der Waals surface area contributed by atoms with Crippen molar-refractivity contribution in [2.75, 3.05) is 13.1 Å². The number of aromatic nitrogens is 2. The predicted octanol–water partition coefficient (Wildman–Crippen LogP) is 2.44. The first kappa shape index (κ1) is 10.7. The molecule has 0 bridgehead atoms. The number of nitrogens with zero attached hydrogens (tertiary/aromatic N) is 2. The molecular formula is C12H21N3. The van der Waals surface area contributed by atoms with Gasteiger partial charge in [-0.2, -0.15) is 5.10 Å². The van der Waals surface area contributed by atoms with E-state index < -0.39 is 0 Å². The van der Waals surface area contributed by atoms with Crippen molar-refractivity contribution in [1.82, 2.24) is 15.1 Å². The van der Waals surface area contributed by atoms with E-state index in [1.54, 1.807) is 0 Å². The van der Waals surface area contributed by atoms with Crippen LogP contribution in [0.2, 0.25) is 0 Å². The molecule has 0 aromatic carbocycles. The van der Waals surface area contributed by atoms with Gasteiger partial charge in [-0.05, 0) is 44.3 Å². The monoisotopic (exact) mass is 207 g/mol. The van der Waals surface area contributed by atoms with E-state index in [0.29, 0.717) is 5.92 Å². The maximum absolute atomic E-state index is 4.43. The fraction of sp³-hybridized carbons (Fsp3) is 0.750. The molecule has 84 valence electrons. The maximum Gasteiger partial charge on any atom is 0.0799 e. The lowest BCUT2D eigenvalue weighted by Gasteiger charge is -2.15. The van der Waals surface area contributed by atoms with E-state index in [1.807, 2.05) is 0 Å². The second-order valence-corrected chi connectivity index (χ2v) is 4.85. The summed E-state index contributed by atoms with van der Waals surface area (Å²) >= 11 is 0. The predicted molar refractivity (Wildman–Crippen MR) is 61.9 cm³/mol. The van der Waals surface area contributed by atoms with Crippen LogP contribution in [-0.4, -0.2) is 28.2 Å². The van der Waals surface area contributed by atoms with Crippen LogP contribution in [0.1, 0.15) is 49.6 Å². The summed E-state index contributed by atoms with van der Waals surface area (Å²) < 4.78 is 0. The minimum atomic E-state index is 0.571. The summed E-state index contributed by atoms with van der Waals surface area (Å²) in [6.45, 7) is 10.1. The summed E-state index contributed by atoms with van der Waals surface area (Å²) in [6.07, 6.45) is 2.70. The van der Waals surface area contributed by atoms with E-state index in [0.717, 1.165) is 6.54 Å². The second-order valence-electron chi connectivity index (χ2n) is 4.85. The zero-order valence-corrected chi connectivity index (χ0v) is 10.0. The number of likely N-dealkylation sites (tertiary alicyclic amines) is 1. The molecule has 0 aliphatic carbocycles. The molecule has 1 aromatic heterocycles. The fourth-order valence-corrected chi connectivity index (χ4v) is 2.53. The molecular weight excluding hydrogens is 186 g/mol. The first-order chi connectivity index (χ1) is 7.18. The molecule has 1 saturated heterocycles. The average molecular weight is 207 g/mol. The number of aryl methyl sites for hydroxylation is 1. The standard InChI is InChI=1S/C12H21N3/c1-9(2)12-10(3)13-14-11(12)8-15-6-4-5-7-15/h9H,4-8H2,1-3H3,(H,13,14). The number of hydrogen-bond acceptors (Lipinski definition) is 2. The Kier molecular flexibility index (Phi) is 3.10. The largest absolute Gasteiger partial charge is 0.297 e. The molecule has 2 heterocycles. The Bertz CT molecular complexity index is 322. The summed E-state index contributed by atoms with van der Waals surface area (Å²) in [5.74, 6) is 0.571. The van der Waals surface area contributed by atoms with Gasteiger partial charge in [-0.25, -0.2) is 0 Å². The van der Waals surface area contributed by atoms with Crippen LogP contribution in [0.3, 0.4) is 0 Å². The van der Waals surface area contributed by atoms with Crippen molar-refractivity contribution >= 4 is 0 Å². The van der Waals surface area contributed by atoms with E-state index in [9.17, 15) is 0 Å². The van der Waals surface area contributed by atoms with Gasteiger partial charge in [-0.3, -0.25) is 10.00 Å². The van der Waals surface area contributed by atoms with Gasteiger partial charge >= 0.3 is 0 Å². The van der Waals surface area contributed by atoms with E-state index in [4.69, 9.17) is 0 Å². The zero-order valence-electron chi connectivity index (χ0n) is 10.0. The van der Waals surface area contributed by atoms with Crippen LogP contribution in [0.4, 0.5) is 0 Å². The van der Waals surface area contributed by atoms with Gasteiger partial charge in [0.2, 0.25) is 0 Å². The molecule has 1 fully saturated rings. The first-order valence-corrected chi connectivity index (χ1v) is 5.94. The fourth-order valence-electron chi connectivity index (χ4n) is 2.53. The Labute approximate surface area is 91.9 Å². The van der Waals surface area contributed by atoms with E-state index in [-0.39, 0.29) is 0 Å². The number of rotatable bonds is 3. The van der Waals surface area contributed by atoms with Crippen LogP contribution >= 0.6 is 0 Å². The molecule has 1 aliphatic heterocycles. The number of H-pyrrole nitrogens is 1. The van der Waals surface area contributed by atoms with Crippen molar-refractivity contribution in [1.29, 1.82) is 0 Å². The lowest BCUT2D eigenvalue weighted by atomic mass is 10.0. The normalized spacial score (nSPS) is 17.9. The Hall–Kier alpha value is -0.830. The van der Waals surface area contributed by atoms with Gasteiger partial charge < -0.3 is 0 Å². The van der Waals surface area contributed by atoms with Crippen LogP contribution in [0.5, 0.6) is 0 Å². The lowest BCUT2D eigenvalue weighted by molar-refractivity contribution is 0.325. The minimum absolute atomic E-state index is 0.571. The molecule has 0 atom stereocenters. The van der Waals surface area contributed by atoms with Crippen molar-refractivity contribution < 1.29 is 0 Å². The van der Waals surface area contributed by atoms with Gasteiger partial charge in [0.25, 0.3) is 0 Å². The van der Waals surface area contributed by atoms with Crippen LogP contribution in [-0.2, 0) is 6.54 Å². The molecule has 1 aliphatic rings. The Morgan fingerprint density at radius 2 is 2.00 bits per heavy atom. The van der Waals surface area contributed by atoms with Crippen molar-refractivity contribution in [3.05, 3.63) is 17.0 Å². The Morgan fingerprint density at radius 3 is 2.60 bits per heavy atom. The van der Waals surface area contributed by atoms with E-state index in [2.05, 4.69) is 35.9 Å². The summed E-state index contributed by atoms with van der Waals surface area (Å²) in [7, 11) is 0. The quantitative estimate of drug-likeness (QED) is 0.825. The van der Waals surface area contributed by atoms with Crippen LogP contribution < -0.4 is 0 Å². The summed E-state index contributed by atoms with van der Waals surface area (Å²) in [5.41, 5.74) is 3.91. The van der Waals surface area contributed by atoms with E-state index in [1.165, 1.54) is 42.9 Å². The lowest BCUT2D eigenvalue weighted by Crippen LogP contribution is -2.19. The topological polar surface area (TPSA) is 31.9 Å². The van der Waals surface area contributed by atoms with Gasteiger partial charge in [-0.1, -0.05) is 13.8 Å². The highest BCUT2D eigenvalue weighted by Gasteiger charge is 2.18. The van der Waals surface area contributed by atoms with Crippen molar-refractivity contribution in [3.8, 4) is 0 Å². The number of hydrogen-bond donors (Lipinski definition) is 1. The molecule has 3 nitrogen and oxygen atoms in total. The van der Waals surface area contributed by atoms with Gasteiger partial charge in [0, 0.05) is 12.2 Å². The third kappa shape index (κ3) is 2.23. The molecule has 3 heteroatoms. The third-order valence-electron chi connectivity index (χ3n) is 3.22. The maximum atomic E-state index is 4.43. The highest BCUT2D eigenvalue weighted by molar-refractivity contribution is 5.27. The molecule has 1 N–H and O–H groups in total. The summed E-state index contributed by atoms with van der Waals surface area (Å²) in [4.78, 5) is 2.50. The van der Waals surface area contributed by atoms with Gasteiger partial charge in [-0.15, -0.1) is 0 Å². The molecule has 2 rings (SSSR count).